The van der Waals surface area contributed by atoms with Crippen LogP contribution in [0.15, 0.2) is 115 Å². The van der Waals surface area contributed by atoms with Gasteiger partial charge in [0.15, 0.2) is 0 Å². The van der Waals surface area contributed by atoms with Crippen molar-refractivity contribution in [1.29, 1.82) is 0 Å². The molecule has 0 aliphatic heterocycles. The van der Waals surface area contributed by atoms with Gasteiger partial charge in [-0.25, -0.2) is 0 Å². The zero-order valence-corrected chi connectivity index (χ0v) is 18.6. The van der Waals surface area contributed by atoms with Gasteiger partial charge in [0.2, 0.25) is 0 Å². The average molecular weight is 416 g/mol. The van der Waals surface area contributed by atoms with Crippen molar-refractivity contribution in [2.75, 3.05) is 4.90 Å². The van der Waals surface area contributed by atoms with Crippen LogP contribution in [0.25, 0.3) is 5.57 Å². The van der Waals surface area contributed by atoms with Crippen LogP contribution in [0.1, 0.15) is 41.9 Å². The van der Waals surface area contributed by atoms with Crippen molar-refractivity contribution in [2.45, 2.75) is 32.1 Å². The number of allylic oxidation sites excluding steroid dienone is 8. The normalized spacial score (nSPS) is 17.3. The van der Waals surface area contributed by atoms with Gasteiger partial charge in [0.05, 0.1) is 0 Å². The van der Waals surface area contributed by atoms with E-state index in [0.29, 0.717) is 5.92 Å². The highest BCUT2D eigenvalue weighted by atomic mass is 15.1. The Kier molecular flexibility index (Phi) is 5.89. The molecule has 0 amide bonds. The summed E-state index contributed by atoms with van der Waals surface area (Å²) in [7, 11) is 0. The molecule has 2 aliphatic carbocycles. The Morgan fingerprint density at radius 2 is 1.34 bits per heavy atom. The van der Waals surface area contributed by atoms with Gasteiger partial charge in [0.25, 0.3) is 0 Å². The van der Waals surface area contributed by atoms with Crippen LogP contribution in [0.5, 0.6) is 0 Å². The van der Waals surface area contributed by atoms with Crippen molar-refractivity contribution in [1.82, 2.24) is 0 Å². The third-order valence-corrected chi connectivity index (χ3v) is 6.31. The fourth-order valence-electron chi connectivity index (χ4n) is 4.47. The van der Waals surface area contributed by atoms with Gasteiger partial charge in [-0.1, -0.05) is 84.5 Å². The van der Waals surface area contributed by atoms with Crippen LogP contribution in [-0.4, -0.2) is 0 Å². The van der Waals surface area contributed by atoms with E-state index in [-0.39, 0.29) is 0 Å². The number of anilines is 3. The van der Waals surface area contributed by atoms with Crippen molar-refractivity contribution in [3.05, 3.63) is 132 Å². The van der Waals surface area contributed by atoms with Crippen LogP contribution in [0, 0.1) is 6.92 Å². The molecular weight excluding hydrogens is 386 g/mol. The lowest BCUT2D eigenvalue weighted by Gasteiger charge is -2.26. The number of benzene rings is 3. The van der Waals surface area contributed by atoms with Gasteiger partial charge in [-0.15, -0.1) is 0 Å². The van der Waals surface area contributed by atoms with E-state index in [1.54, 1.807) is 0 Å². The average Bonchev–Trinajstić information content (AvgIpc) is 2.87. The summed E-state index contributed by atoms with van der Waals surface area (Å²) in [6, 6.07) is 26.8. The molecule has 1 atom stereocenters. The van der Waals surface area contributed by atoms with Crippen LogP contribution < -0.4 is 4.90 Å². The molecule has 0 N–H and O–H groups in total. The van der Waals surface area contributed by atoms with Gasteiger partial charge < -0.3 is 4.90 Å². The lowest BCUT2D eigenvalue weighted by atomic mass is 9.92. The Morgan fingerprint density at radius 3 is 1.94 bits per heavy atom. The van der Waals surface area contributed by atoms with E-state index >= 15 is 0 Å². The largest absolute Gasteiger partial charge is 0.311 e. The van der Waals surface area contributed by atoms with Crippen molar-refractivity contribution < 1.29 is 0 Å². The standard InChI is InChI=1S/C31H29N/c1-24-12-18-29(19-13-24)32(30-20-14-27(15-21-30)25-8-4-2-5-9-25)31-22-16-28(17-23-31)26-10-6-3-7-11-26/h2,4-6,8,10-23,25H,3,7,9H2,1H3. The molecule has 0 aromatic heterocycles. The molecule has 158 valence electrons. The molecule has 0 heterocycles. The minimum atomic E-state index is 0.470. The molecule has 0 saturated carbocycles. The Bertz CT molecular complexity index is 1170. The van der Waals surface area contributed by atoms with E-state index in [1.807, 2.05) is 0 Å². The van der Waals surface area contributed by atoms with Gasteiger partial charge in [-0.05, 0) is 79.3 Å². The van der Waals surface area contributed by atoms with E-state index in [4.69, 9.17) is 0 Å². The molecule has 0 spiro atoms. The quantitative estimate of drug-likeness (QED) is 0.402. The first-order valence-corrected chi connectivity index (χ1v) is 11.6. The second-order valence-corrected chi connectivity index (χ2v) is 8.60. The van der Waals surface area contributed by atoms with E-state index in [0.717, 1.165) is 19.3 Å². The smallest absolute Gasteiger partial charge is 0.0462 e. The number of hydrogen-bond donors (Lipinski definition) is 0. The first-order chi connectivity index (χ1) is 15.8. The highest BCUT2D eigenvalue weighted by Gasteiger charge is 2.14. The number of hydrogen-bond acceptors (Lipinski definition) is 1. The summed E-state index contributed by atoms with van der Waals surface area (Å²) in [4.78, 5) is 2.34. The van der Waals surface area contributed by atoms with Crippen LogP contribution in [0.3, 0.4) is 0 Å². The molecule has 1 unspecified atom stereocenters. The van der Waals surface area contributed by atoms with Crippen molar-refractivity contribution in [3.63, 3.8) is 0 Å². The second kappa shape index (κ2) is 9.28. The Morgan fingerprint density at radius 1 is 0.688 bits per heavy atom. The highest BCUT2D eigenvalue weighted by molar-refractivity contribution is 5.80. The van der Waals surface area contributed by atoms with Gasteiger partial charge in [-0.3, -0.25) is 0 Å². The molecule has 0 bridgehead atoms. The lowest BCUT2D eigenvalue weighted by molar-refractivity contribution is 0.854. The minimum Gasteiger partial charge on any atom is -0.311 e. The fraction of sp³-hybridized carbons (Fsp3) is 0.161. The van der Waals surface area contributed by atoms with Crippen LogP contribution in [-0.2, 0) is 0 Å². The van der Waals surface area contributed by atoms with Crippen molar-refractivity contribution in [2.24, 2.45) is 0 Å². The molecule has 5 rings (SSSR count). The SMILES string of the molecule is Cc1ccc(N(c2ccc(C3=CCCC=C3)cc2)c2ccc(C3C=CC=CC3)cc2)cc1. The first-order valence-electron chi connectivity index (χ1n) is 11.6. The van der Waals surface area contributed by atoms with E-state index in [1.165, 1.54) is 39.3 Å². The van der Waals surface area contributed by atoms with Crippen LogP contribution >= 0.6 is 0 Å². The van der Waals surface area contributed by atoms with Crippen molar-refractivity contribution in [3.8, 4) is 0 Å². The summed E-state index contributed by atoms with van der Waals surface area (Å²) in [5.74, 6) is 0.470. The predicted molar refractivity (Wildman–Crippen MR) is 138 cm³/mol. The summed E-state index contributed by atoms with van der Waals surface area (Å²) in [6.07, 6.45) is 19.0. The topological polar surface area (TPSA) is 3.24 Å². The van der Waals surface area contributed by atoms with Gasteiger partial charge in [0.1, 0.15) is 0 Å². The Balaban J connectivity index is 1.49. The molecule has 3 aromatic rings. The maximum absolute atomic E-state index is 2.34. The first kappa shape index (κ1) is 20.3. The summed E-state index contributed by atoms with van der Waals surface area (Å²) >= 11 is 0. The Hall–Kier alpha value is -3.58. The maximum atomic E-state index is 2.34. The van der Waals surface area contributed by atoms with Gasteiger partial charge in [-0.2, -0.15) is 0 Å². The maximum Gasteiger partial charge on any atom is 0.0462 e. The zero-order chi connectivity index (χ0) is 21.8. The third-order valence-electron chi connectivity index (χ3n) is 6.31. The zero-order valence-electron chi connectivity index (χ0n) is 18.6. The van der Waals surface area contributed by atoms with E-state index in [9.17, 15) is 0 Å². The fourth-order valence-corrected chi connectivity index (χ4v) is 4.47. The van der Waals surface area contributed by atoms with Gasteiger partial charge >= 0.3 is 0 Å². The molecule has 32 heavy (non-hydrogen) atoms. The van der Waals surface area contributed by atoms with Gasteiger partial charge in [0, 0.05) is 23.0 Å². The van der Waals surface area contributed by atoms with E-state index < -0.39 is 0 Å². The lowest BCUT2D eigenvalue weighted by Crippen LogP contribution is -2.10. The molecular formula is C31H29N. The van der Waals surface area contributed by atoms with Crippen LogP contribution in [0.4, 0.5) is 17.1 Å². The molecule has 2 aliphatic rings. The number of nitrogens with zero attached hydrogens (tertiary/aromatic N) is 1. The summed E-state index contributed by atoms with van der Waals surface area (Å²) in [5.41, 5.74) is 8.76. The molecule has 1 heteroatoms. The predicted octanol–water partition coefficient (Wildman–Crippen LogP) is 8.80. The minimum absolute atomic E-state index is 0.470. The monoisotopic (exact) mass is 415 g/mol. The van der Waals surface area contributed by atoms with Crippen LogP contribution in [0.2, 0.25) is 0 Å². The second-order valence-electron chi connectivity index (χ2n) is 8.60. The molecule has 0 radical (unpaired) electrons. The number of rotatable bonds is 5. The number of aryl methyl sites for hydroxylation is 1. The third kappa shape index (κ3) is 4.38. The summed E-state index contributed by atoms with van der Waals surface area (Å²) in [5, 5.41) is 0. The molecule has 1 nitrogen and oxygen atoms in total. The van der Waals surface area contributed by atoms with E-state index in [2.05, 4.69) is 127 Å². The molecule has 0 fully saturated rings. The van der Waals surface area contributed by atoms with Crippen molar-refractivity contribution >= 4 is 22.6 Å². The summed E-state index contributed by atoms with van der Waals surface area (Å²) < 4.78 is 0. The molecule has 3 aromatic carbocycles. The molecule has 0 saturated heterocycles. The summed E-state index contributed by atoms with van der Waals surface area (Å²) in [6.45, 7) is 2.13. The Labute approximate surface area is 191 Å². The highest BCUT2D eigenvalue weighted by Crippen LogP contribution is 2.36.